The van der Waals surface area contributed by atoms with Gasteiger partial charge in [-0.15, -0.1) is 0 Å². The largest absolute Gasteiger partial charge is 0.497 e. The van der Waals surface area contributed by atoms with Gasteiger partial charge < -0.3 is 15.0 Å². The van der Waals surface area contributed by atoms with Crippen molar-refractivity contribution in [3.63, 3.8) is 0 Å². The van der Waals surface area contributed by atoms with Crippen molar-refractivity contribution in [3.8, 4) is 5.75 Å². The van der Waals surface area contributed by atoms with Crippen LogP contribution in [0.25, 0.3) is 0 Å². The average molecular weight is 217 g/mol. The minimum atomic E-state index is -0.0277. The number of imidazole rings is 1. The molecule has 1 aromatic heterocycles. The molecule has 2 aromatic rings. The molecule has 0 radical (unpaired) electrons. The van der Waals surface area contributed by atoms with Gasteiger partial charge in [0.1, 0.15) is 5.75 Å². The van der Waals surface area contributed by atoms with E-state index in [0.717, 1.165) is 17.9 Å². The molecule has 1 atom stereocenters. The van der Waals surface area contributed by atoms with E-state index >= 15 is 0 Å². The monoisotopic (exact) mass is 217 g/mol. The summed E-state index contributed by atoms with van der Waals surface area (Å²) in [4.78, 5) is 3.98. The highest BCUT2D eigenvalue weighted by atomic mass is 16.5. The molecule has 0 aliphatic heterocycles. The topological polar surface area (TPSA) is 53.1 Å². The molecule has 4 nitrogen and oxygen atoms in total. The molecule has 2 rings (SSSR count). The smallest absolute Gasteiger partial charge is 0.118 e. The Kier molecular flexibility index (Phi) is 3.22. The van der Waals surface area contributed by atoms with Crippen molar-refractivity contribution in [1.82, 2.24) is 9.55 Å². The first kappa shape index (κ1) is 10.7. The number of hydrogen-bond acceptors (Lipinski definition) is 3. The molecule has 0 fully saturated rings. The Labute approximate surface area is 94.7 Å². The summed E-state index contributed by atoms with van der Waals surface area (Å²) < 4.78 is 7.07. The number of nitrogens with zero attached hydrogens (tertiary/aromatic N) is 2. The van der Waals surface area contributed by atoms with Crippen LogP contribution in [0.4, 0.5) is 0 Å². The number of hydrogen-bond donors (Lipinski definition) is 1. The predicted octanol–water partition coefficient (Wildman–Crippen LogP) is 1.59. The van der Waals surface area contributed by atoms with E-state index < -0.39 is 0 Å². The Hall–Kier alpha value is -1.81. The van der Waals surface area contributed by atoms with Gasteiger partial charge in [-0.1, -0.05) is 12.1 Å². The lowest BCUT2D eigenvalue weighted by Crippen LogP contribution is -2.16. The zero-order valence-corrected chi connectivity index (χ0v) is 9.21. The summed E-state index contributed by atoms with van der Waals surface area (Å²) in [6, 6.07) is 7.78. The van der Waals surface area contributed by atoms with Gasteiger partial charge in [0.25, 0.3) is 0 Å². The molecule has 16 heavy (non-hydrogen) atoms. The van der Waals surface area contributed by atoms with E-state index in [-0.39, 0.29) is 6.04 Å². The summed E-state index contributed by atoms with van der Waals surface area (Å²) in [6.07, 6.45) is 5.42. The van der Waals surface area contributed by atoms with Crippen LogP contribution in [-0.4, -0.2) is 16.7 Å². The van der Waals surface area contributed by atoms with Crippen molar-refractivity contribution >= 4 is 0 Å². The molecule has 84 valence electrons. The van der Waals surface area contributed by atoms with Crippen LogP contribution in [0.15, 0.2) is 43.0 Å². The van der Waals surface area contributed by atoms with Crippen molar-refractivity contribution in [2.75, 3.05) is 7.11 Å². The first-order valence-electron chi connectivity index (χ1n) is 5.15. The number of methoxy groups -OCH3 is 1. The van der Waals surface area contributed by atoms with Crippen LogP contribution in [0.2, 0.25) is 0 Å². The van der Waals surface area contributed by atoms with Gasteiger partial charge in [-0.3, -0.25) is 0 Å². The minimum Gasteiger partial charge on any atom is -0.497 e. The lowest BCUT2D eigenvalue weighted by molar-refractivity contribution is 0.414. The van der Waals surface area contributed by atoms with Gasteiger partial charge >= 0.3 is 0 Å². The van der Waals surface area contributed by atoms with Gasteiger partial charge in [0.15, 0.2) is 0 Å². The second-order valence-corrected chi connectivity index (χ2v) is 3.64. The van der Waals surface area contributed by atoms with Crippen molar-refractivity contribution < 1.29 is 4.74 Å². The SMILES string of the molecule is COc1ccc(C(N)Cn2ccnc2)cc1. The summed E-state index contributed by atoms with van der Waals surface area (Å²) in [7, 11) is 1.65. The zero-order valence-electron chi connectivity index (χ0n) is 9.21. The van der Waals surface area contributed by atoms with Gasteiger partial charge in [-0.05, 0) is 17.7 Å². The molecule has 1 heterocycles. The molecule has 1 unspecified atom stereocenters. The first-order valence-corrected chi connectivity index (χ1v) is 5.15. The lowest BCUT2D eigenvalue weighted by Gasteiger charge is -2.13. The van der Waals surface area contributed by atoms with Crippen LogP contribution in [0.3, 0.4) is 0 Å². The van der Waals surface area contributed by atoms with E-state index in [4.69, 9.17) is 10.5 Å². The fraction of sp³-hybridized carbons (Fsp3) is 0.250. The first-order chi connectivity index (χ1) is 7.79. The summed E-state index contributed by atoms with van der Waals surface area (Å²) in [6.45, 7) is 0.729. The second kappa shape index (κ2) is 4.81. The van der Waals surface area contributed by atoms with Gasteiger partial charge in [0.05, 0.1) is 13.4 Å². The molecule has 0 bridgehead atoms. The van der Waals surface area contributed by atoms with Crippen molar-refractivity contribution in [2.24, 2.45) is 5.73 Å². The Morgan fingerprint density at radius 3 is 2.69 bits per heavy atom. The standard InChI is InChI=1S/C12H15N3O/c1-16-11-4-2-10(3-5-11)12(13)8-15-7-6-14-9-15/h2-7,9,12H,8,13H2,1H3. The van der Waals surface area contributed by atoms with Gasteiger partial charge in [0.2, 0.25) is 0 Å². The summed E-state index contributed by atoms with van der Waals surface area (Å²) in [5, 5.41) is 0. The molecule has 0 aliphatic carbocycles. The van der Waals surface area contributed by atoms with Crippen LogP contribution in [-0.2, 0) is 6.54 Å². The Balaban J connectivity index is 2.05. The van der Waals surface area contributed by atoms with Crippen LogP contribution >= 0.6 is 0 Å². The highest BCUT2D eigenvalue weighted by molar-refractivity contribution is 5.28. The molecule has 2 N–H and O–H groups in total. The summed E-state index contributed by atoms with van der Waals surface area (Å²) >= 11 is 0. The van der Waals surface area contributed by atoms with Crippen LogP contribution in [0.1, 0.15) is 11.6 Å². The third-order valence-corrected chi connectivity index (χ3v) is 2.51. The Morgan fingerprint density at radius 2 is 2.12 bits per heavy atom. The van der Waals surface area contributed by atoms with Crippen molar-refractivity contribution in [1.29, 1.82) is 0 Å². The van der Waals surface area contributed by atoms with E-state index in [1.165, 1.54) is 0 Å². The van der Waals surface area contributed by atoms with Crippen LogP contribution in [0, 0.1) is 0 Å². The maximum Gasteiger partial charge on any atom is 0.118 e. The molecule has 0 saturated heterocycles. The van der Waals surface area contributed by atoms with Gasteiger partial charge in [-0.2, -0.15) is 0 Å². The zero-order chi connectivity index (χ0) is 11.4. The molecule has 0 saturated carbocycles. The number of nitrogens with two attached hydrogens (primary N) is 1. The normalized spacial score (nSPS) is 12.4. The quantitative estimate of drug-likeness (QED) is 0.846. The summed E-state index contributed by atoms with van der Waals surface area (Å²) in [5.74, 6) is 0.846. The molecule has 0 spiro atoms. The molecular formula is C12H15N3O. The third-order valence-electron chi connectivity index (χ3n) is 2.51. The number of ether oxygens (including phenoxy) is 1. The van der Waals surface area contributed by atoms with E-state index in [2.05, 4.69) is 4.98 Å². The van der Waals surface area contributed by atoms with E-state index in [1.807, 2.05) is 35.0 Å². The van der Waals surface area contributed by atoms with E-state index in [1.54, 1.807) is 19.6 Å². The fourth-order valence-electron chi connectivity index (χ4n) is 1.58. The minimum absolute atomic E-state index is 0.0277. The summed E-state index contributed by atoms with van der Waals surface area (Å²) in [5.41, 5.74) is 7.18. The van der Waals surface area contributed by atoms with Gasteiger partial charge in [0, 0.05) is 25.0 Å². The van der Waals surface area contributed by atoms with Crippen LogP contribution in [0.5, 0.6) is 5.75 Å². The number of aromatic nitrogens is 2. The lowest BCUT2D eigenvalue weighted by atomic mass is 10.1. The van der Waals surface area contributed by atoms with Crippen molar-refractivity contribution in [2.45, 2.75) is 12.6 Å². The molecular weight excluding hydrogens is 202 g/mol. The van der Waals surface area contributed by atoms with Crippen LogP contribution < -0.4 is 10.5 Å². The molecule has 1 aromatic carbocycles. The average Bonchev–Trinajstić information content (AvgIpc) is 2.82. The second-order valence-electron chi connectivity index (χ2n) is 3.64. The molecule has 0 amide bonds. The Morgan fingerprint density at radius 1 is 1.38 bits per heavy atom. The maximum absolute atomic E-state index is 6.09. The fourth-order valence-corrected chi connectivity index (χ4v) is 1.58. The predicted molar refractivity (Wildman–Crippen MR) is 62.1 cm³/mol. The third kappa shape index (κ3) is 2.41. The Bertz CT molecular complexity index is 422. The molecule has 4 heteroatoms. The highest BCUT2D eigenvalue weighted by Gasteiger charge is 2.06. The van der Waals surface area contributed by atoms with Crippen molar-refractivity contribution in [3.05, 3.63) is 48.5 Å². The van der Waals surface area contributed by atoms with Gasteiger partial charge in [-0.25, -0.2) is 4.98 Å². The van der Waals surface area contributed by atoms with E-state index in [9.17, 15) is 0 Å². The number of rotatable bonds is 4. The highest BCUT2D eigenvalue weighted by Crippen LogP contribution is 2.17. The van der Waals surface area contributed by atoms with E-state index in [0.29, 0.717) is 0 Å². The number of benzene rings is 1. The molecule has 0 aliphatic rings. The maximum atomic E-state index is 6.09.